The molecule has 1 aromatic heterocycles. The fraction of sp³-hybridized carbons (Fsp3) is 0.143. The molecule has 2 atom stereocenters. The van der Waals surface area contributed by atoms with Crippen LogP contribution in [0.4, 0.5) is 5.69 Å². The quantitative estimate of drug-likeness (QED) is 0.224. The second kappa shape index (κ2) is 10.1. The first-order valence-electron chi connectivity index (χ1n) is 11.3. The SMILES string of the molecule is O=C(O)C1(NSc2ccc(-c3ccc(Cl)cc3)cc2)CC1c1cccc(NCc2cccnc2)c1. The van der Waals surface area contributed by atoms with Gasteiger partial charge in [0.25, 0.3) is 0 Å². The molecular formula is C28H24ClN3O2S. The van der Waals surface area contributed by atoms with Gasteiger partial charge in [0.05, 0.1) is 0 Å². The summed E-state index contributed by atoms with van der Waals surface area (Å²) in [5.41, 5.74) is 4.24. The van der Waals surface area contributed by atoms with Gasteiger partial charge in [-0.3, -0.25) is 9.78 Å². The number of aliphatic carboxylic acids is 1. The van der Waals surface area contributed by atoms with Crippen molar-refractivity contribution in [1.82, 2.24) is 9.71 Å². The third-order valence-electron chi connectivity index (χ3n) is 6.23. The largest absolute Gasteiger partial charge is 0.480 e. The minimum absolute atomic E-state index is 0.0963. The summed E-state index contributed by atoms with van der Waals surface area (Å²) in [6, 6.07) is 27.7. The van der Waals surface area contributed by atoms with Gasteiger partial charge in [-0.25, -0.2) is 4.72 Å². The third-order valence-corrected chi connectivity index (χ3v) is 7.46. The van der Waals surface area contributed by atoms with Gasteiger partial charge in [-0.05, 0) is 83.1 Å². The Balaban J connectivity index is 1.23. The number of rotatable bonds is 9. The second-order valence-electron chi connectivity index (χ2n) is 8.61. The van der Waals surface area contributed by atoms with Crippen molar-refractivity contribution < 1.29 is 9.90 Å². The lowest BCUT2D eigenvalue weighted by molar-refractivity contribution is -0.140. The molecule has 4 aromatic rings. The van der Waals surface area contributed by atoms with E-state index in [4.69, 9.17) is 11.6 Å². The van der Waals surface area contributed by atoms with Gasteiger partial charge in [-0.15, -0.1) is 0 Å². The highest BCUT2D eigenvalue weighted by Crippen LogP contribution is 2.53. The number of halogens is 1. The number of carbonyl (C=O) groups is 1. The van der Waals surface area contributed by atoms with Crippen LogP contribution >= 0.6 is 23.5 Å². The van der Waals surface area contributed by atoms with E-state index in [1.807, 2.05) is 91.1 Å². The van der Waals surface area contributed by atoms with Crippen molar-refractivity contribution in [3.63, 3.8) is 0 Å². The van der Waals surface area contributed by atoms with Gasteiger partial charge >= 0.3 is 5.97 Å². The van der Waals surface area contributed by atoms with Crippen LogP contribution < -0.4 is 10.0 Å². The van der Waals surface area contributed by atoms with E-state index in [2.05, 4.69) is 15.0 Å². The van der Waals surface area contributed by atoms with Crippen molar-refractivity contribution in [3.8, 4) is 11.1 Å². The van der Waals surface area contributed by atoms with Gasteiger partial charge in [0.2, 0.25) is 0 Å². The highest BCUT2D eigenvalue weighted by Gasteiger charge is 2.61. The summed E-state index contributed by atoms with van der Waals surface area (Å²) >= 11 is 7.34. The van der Waals surface area contributed by atoms with Crippen molar-refractivity contribution >= 4 is 35.2 Å². The Kier molecular flexibility index (Phi) is 6.77. The summed E-state index contributed by atoms with van der Waals surface area (Å²) in [6.45, 7) is 0.659. The summed E-state index contributed by atoms with van der Waals surface area (Å²) in [5, 5.41) is 14.1. The molecule has 0 spiro atoms. The number of carboxylic acid groups (broad SMARTS) is 1. The zero-order valence-corrected chi connectivity index (χ0v) is 20.4. The number of anilines is 1. The molecule has 3 N–H and O–H groups in total. The molecule has 0 bridgehead atoms. The molecule has 1 heterocycles. The molecule has 35 heavy (non-hydrogen) atoms. The van der Waals surface area contributed by atoms with Crippen LogP contribution in [0.2, 0.25) is 5.02 Å². The van der Waals surface area contributed by atoms with Gasteiger partial charge in [0.1, 0.15) is 5.54 Å². The van der Waals surface area contributed by atoms with Crippen molar-refractivity contribution in [2.24, 2.45) is 0 Å². The molecule has 0 aliphatic heterocycles. The van der Waals surface area contributed by atoms with E-state index >= 15 is 0 Å². The molecule has 0 radical (unpaired) electrons. The predicted molar refractivity (Wildman–Crippen MR) is 142 cm³/mol. The number of nitrogens with one attached hydrogen (secondary N) is 2. The Labute approximate surface area is 213 Å². The first-order chi connectivity index (χ1) is 17.0. The maximum atomic E-state index is 12.2. The molecular weight excluding hydrogens is 478 g/mol. The summed E-state index contributed by atoms with van der Waals surface area (Å²) in [4.78, 5) is 17.3. The van der Waals surface area contributed by atoms with E-state index in [0.717, 1.165) is 32.8 Å². The molecule has 7 heteroatoms. The zero-order chi connectivity index (χ0) is 24.3. The number of pyridine rings is 1. The molecule has 0 saturated heterocycles. The average Bonchev–Trinajstić information content (AvgIpc) is 3.64. The lowest BCUT2D eigenvalue weighted by atomic mass is 10.1. The monoisotopic (exact) mass is 501 g/mol. The Morgan fingerprint density at radius 3 is 2.46 bits per heavy atom. The number of aromatic nitrogens is 1. The first-order valence-corrected chi connectivity index (χ1v) is 12.5. The summed E-state index contributed by atoms with van der Waals surface area (Å²) in [6.07, 6.45) is 4.13. The van der Waals surface area contributed by atoms with Crippen molar-refractivity contribution in [3.05, 3.63) is 113 Å². The maximum absolute atomic E-state index is 12.2. The third kappa shape index (κ3) is 5.35. The second-order valence-corrected chi connectivity index (χ2v) is 9.92. The highest BCUT2D eigenvalue weighted by molar-refractivity contribution is 7.97. The van der Waals surface area contributed by atoms with Crippen LogP contribution in [-0.2, 0) is 11.3 Å². The number of hydrogen-bond acceptors (Lipinski definition) is 5. The van der Waals surface area contributed by atoms with Crippen molar-refractivity contribution in [1.29, 1.82) is 0 Å². The molecule has 2 unspecified atom stereocenters. The average molecular weight is 502 g/mol. The first kappa shape index (κ1) is 23.4. The number of hydrogen-bond donors (Lipinski definition) is 3. The molecule has 5 rings (SSSR count). The van der Waals surface area contributed by atoms with Gasteiger partial charge < -0.3 is 10.4 Å². The fourth-order valence-corrected chi connectivity index (χ4v) is 5.15. The Bertz CT molecular complexity index is 1320. The van der Waals surface area contributed by atoms with E-state index in [-0.39, 0.29) is 5.92 Å². The summed E-state index contributed by atoms with van der Waals surface area (Å²) in [5.74, 6) is -0.928. The van der Waals surface area contributed by atoms with Crippen LogP contribution in [0.25, 0.3) is 11.1 Å². The smallest absolute Gasteiger partial charge is 0.325 e. The molecule has 1 saturated carbocycles. The molecule has 3 aromatic carbocycles. The standard InChI is InChI=1S/C28H24ClN3O2S/c29-23-10-6-20(7-11-23)21-8-12-25(13-9-21)35-32-28(27(33)34)16-26(28)22-4-1-5-24(15-22)31-18-19-3-2-14-30-17-19/h1-15,17,26,31-32H,16,18H2,(H,33,34). The van der Waals surface area contributed by atoms with Crippen LogP contribution in [0.5, 0.6) is 0 Å². The number of nitrogens with zero attached hydrogens (tertiary/aromatic N) is 1. The van der Waals surface area contributed by atoms with Crippen molar-refractivity contribution in [2.45, 2.75) is 29.3 Å². The molecule has 1 fully saturated rings. The van der Waals surface area contributed by atoms with E-state index in [0.29, 0.717) is 18.0 Å². The van der Waals surface area contributed by atoms with Crippen LogP contribution in [0, 0.1) is 0 Å². The van der Waals surface area contributed by atoms with Crippen LogP contribution in [-0.4, -0.2) is 21.6 Å². The maximum Gasteiger partial charge on any atom is 0.325 e. The van der Waals surface area contributed by atoms with Gasteiger partial charge in [-0.1, -0.05) is 54.1 Å². The highest BCUT2D eigenvalue weighted by atomic mass is 35.5. The normalized spacial score (nSPS) is 18.7. The van der Waals surface area contributed by atoms with E-state index in [1.165, 1.54) is 11.9 Å². The van der Waals surface area contributed by atoms with E-state index < -0.39 is 11.5 Å². The summed E-state index contributed by atoms with van der Waals surface area (Å²) in [7, 11) is 0. The minimum atomic E-state index is -0.985. The lowest BCUT2D eigenvalue weighted by Crippen LogP contribution is -2.36. The molecule has 1 aliphatic carbocycles. The predicted octanol–water partition coefficient (Wildman–Crippen LogP) is 6.62. The molecule has 176 valence electrons. The molecule has 5 nitrogen and oxygen atoms in total. The van der Waals surface area contributed by atoms with Gasteiger partial charge in [0.15, 0.2) is 0 Å². The van der Waals surface area contributed by atoms with Gasteiger partial charge in [-0.2, -0.15) is 0 Å². The number of carboxylic acids is 1. The van der Waals surface area contributed by atoms with E-state index in [1.54, 1.807) is 6.20 Å². The van der Waals surface area contributed by atoms with Gasteiger partial charge in [0, 0.05) is 40.5 Å². The minimum Gasteiger partial charge on any atom is -0.480 e. The van der Waals surface area contributed by atoms with Crippen LogP contribution in [0.1, 0.15) is 23.5 Å². The molecule has 1 aliphatic rings. The van der Waals surface area contributed by atoms with Crippen molar-refractivity contribution in [2.75, 3.05) is 5.32 Å². The Hall–Kier alpha value is -3.32. The lowest BCUT2D eigenvalue weighted by Gasteiger charge is -2.15. The fourth-order valence-electron chi connectivity index (χ4n) is 4.14. The topological polar surface area (TPSA) is 74.2 Å². The Morgan fingerprint density at radius 2 is 1.77 bits per heavy atom. The van der Waals surface area contributed by atoms with Crippen LogP contribution in [0.15, 0.2) is 102 Å². The Morgan fingerprint density at radius 1 is 1.03 bits per heavy atom. The summed E-state index contributed by atoms with van der Waals surface area (Å²) < 4.78 is 3.25. The zero-order valence-electron chi connectivity index (χ0n) is 18.8. The van der Waals surface area contributed by atoms with E-state index in [9.17, 15) is 9.90 Å². The van der Waals surface area contributed by atoms with Crippen LogP contribution in [0.3, 0.4) is 0 Å². The number of benzene rings is 3. The molecule has 0 amide bonds.